The van der Waals surface area contributed by atoms with Gasteiger partial charge in [-0.05, 0) is 37.1 Å². The summed E-state index contributed by atoms with van der Waals surface area (Å²) in [5.74, 6) is -0.881. The molecule has 2 aliphatic rings. The first kappa shape index (κ1) is 21.5. The molecule has 1 amide bonds. The van der Waals surface area contributed by atoms with Gasteiger partial charge in [0.15, 0.2) is 0 Å². The van der Waals surface area contributed by atoms with Crippen molar-refractivity contribution < 1.29 is 17.6 Å². The zero-order valence-corrected chi connectivity index (χ0v) is 18.6. The predicted molar refractivity (Wildman–Crippen MR) is 120 cm³/mol. The van der Waals surface area contributed by atoms with Crippen LogP contribution in [0, 0.1) is 5.82 Å². The van der Waals surface area contributed by atoms with Crippen molar-refractivity contribution in [2.45, 2.75) is 42.5 Å². The van der Waals surface area contributed by atoms with Crippen LogP contribution in [0.1, 0.15) is 37.8 Å². The Morgan fingerprint density at radius 1 is 1.18 bits per heavy atom. The van der Waals surface area contributed by atoms with E-state index in [1.165, 1.54) is 11.1 Å². The Morgan fingerprint density at radius 2 is 1.94 bits per heavy atom. The van der Waals surface area contributed by atoms with E-state index in [0.29, 0.717) is 18.5 Å². The van der Waals surface area contributed by atoms with Crippen LogP contribution < -0.4 is 10.5 Å². The summed E-state index contributed by atoms with van der Waals surface area (Å²) in [4.78, 5) is 21.7. The van der Waals surface area contributed by atoms with Crippen molar-refractivity contribution in [3.8, 4) is 0 Å². The standard InChI is InChI=1S/C21H22FN7O3S/c1-28-19(30)21(7-3-2-4-8-21)29-15(12-25-28)9-13-11-24-20(27-18(13)29)26-14-5-6-17(16(22)10-14)33(23,31)32/h5-6,9-12H,2-4,7-8H2,1H3,(H2,23,31,32)(H,24,26,27). The number of hydrogen-bond acceptors (Lipinski definition) is 7. The van der Waals surface area contributed by atoms with Gasteiger partial charge in [0, 0.05) is 24.3 Å². The van der Waals surface area contributed by atoms with Gasteiger partial charge in [0.1, 0.15) is 21.9 Å². The van der Waals surface area contributed by atoms with E-state index in [1.54, 1.807) is 19.5 Å². The van der Waals surface area contributed by atoms with E-state index in [2.05, 4.69) is 20.4 Å². The van der Waals surface area contributed by atoms with Gasteiger partial charge in [-0.15, -0.1) is 0 Å². The van der Waals surface area contributed by atoms with E-state index < -0.39 is 26.3 Å². The fourth-order valence-corrected chi connectivity index (χ4v) is 5.31. The largest absolute Gasteiger partial charge is 0.324 e. The molecule has 33 heavy (non-hydrogen) atoms. The molecule has 5 rings (SSSR count). The Balaban J connectivity index is 1.59. The highest BCUT2D eigenvalue weighted by atomic mass is 32.2. The van der Waals surface area contributed by atoms with Crippen LogP contribution in [-0.2, 0) is 20.4 Å². The third kappa shape index (κ3) is 3.55. The van der Waals surface area contributed by atoms with Gasteiger partial charge in [-0.25, -0.2) is 27.9 Å². The minimum absolute atomic E-state index is 0.0801. The van der Waals surface area contributed by atoms with Crippen molar-refractivity contribution in [1.29, 1.82) is 0 Å². The third-order valence-electron chi connectivity index (χ3n) is 6.23. The topological polar surface area (TPSA) is 136 Å². The molecule has 1 aliphatic heterocycles. The minimum atomic E-state index is -4.17. The summed E-state index contributed by atoms with van der Waals surface area (Å²) in [6.45, 7) is 0. The van der Waals surface area contributed by atoms with E-state index in [-0.39, 0.29) is 17.5 Å². The molecule has 0 radical (unpaired) electrons. The van der Waals surface area contributed by atoms with Gasteiger partial charge in [-0.1, -0.05) is 19.3 Å². The van der Waals surface area contributed by atoms with E-state index in [0.717, 1.165) is 42.5 Å². The molecular weight excluding hydrogens is 449 g/mol. The van der Waals surface area contributed by atoms with Gasteiger partial charge in [0.05, 0.1) is 11.9 Å². The lowest BCUT2D eigenvalue weighted by molar-refractivity contribution is -0.141. The number of carbonyl (C=O) groups excluding carboxylic acids is 1. The van der Waals surface area contributed by atoms with Crippen molar-refractivity contribution in [3.63, 3.8) is 0 Å². The maximum atomic E-state index is 14.2. The number of primary sulfonamides is 1. The van der Waals surface area contributed by atoms with Crippen molar-refractivity contribution in [3.05, 3.63) is 42.0 Å². The van der Waals surface area contributed by atoms with Crippen LogP contribution >= 0.6 is 0 Å². The van der Waals surface area contributed by atoms with E-state index in [4.69, 9.17) is 5.14 Å². The number of anilines is 2. The Labute approximate surface area is 189 Å². The summed E-state index contributed by atoms with van der Waals surface area (Å²) in [7, 11) is -2.51. The second kappa shape index (κ2) is 7.59. The summed E-state index contributed by atoms with van der Waals surface area (Å²) < 4.78 is 39.1. The Bertz CT molecular complexity index is 1410. The molecular formula is C21H22FN7O3S. The van der Waals surface area contributed by atoms with E-state index in [9.17, 15) is 17.6 Å². The molecule has 3 heterocycles. The Morgan fingerprint density at radius 3 is 2.64 bits per heavy atom. The molecule has 1 saturated carbocycles. The minimum Gasteiger partial charge on any atom is -0.324 e. The van der Waals surface area contributed by atoms with Crippen molar-refractivity contribution in [2.75, 3.05) is 12.4 Å². The maximum absolute atomic E-state index is 14.2. The van der Waals surface area contributed by atoms with Gasteiger partial charge in [0.25, 0.3) is 5.91 Å². The second-order valence-electron chi connectivity index (χ2n) is 8.36. The number of nitrogens with zero attached hydrogens (tertiary/aromatic N) is 5. The molecule has 3 N–H and O–H groups in total. The van der Waals surface area contributed by atoms with Crippen molar-refractivity contribution in [1.82, 2.24) is 19.5 Å². The number of fused-ring (bicyclic) bond motifs is 4. The lowest BCUT2D eigenvalue weighted by Crippen LogP contribution is -2.48. The van der Waals surface area contributed by atoms with Gasteiger partial charge in [0.2, 0.25) is 16.0 Å². The predicted octanol–water partition coefficient (Wildman–Crippen LogP) is 2.43. The quantitative estimate of drug-likeness (QED) is 0.602. The maximum Gasteiger partial charge on any atom is 0.268 e. The van der Waals surface area contributed by atoms with Crippen molar-refractivity contribution >= 4 is 44.8 Å². The van der Waals surface area contributed by atoms with Crippen LogP contribution in [0.2, 0.25) is 0 Å². The highest BCUT2D eigenvalue weighted by molar-refractivity contribution is 7.89. The number of carbonyl (C=O) groups is 1. The number of hydrazone groups is 1. The number of likely N-dealkylation sites (N-methyl/N-ethyl adjacent to an activating group) is 1. The number of hydrogen-bond donors (Lipinski definition) is 2. The molecule has 0 atom stereocenters. The number of nitrogens with two attached hydrogens (primary N) is 1. The number of amides is 1. The molecule has 0 saturated heterocycles. The lowest BCUT2D eigenvalue weighted by atomic mass is 9.80. The molecule has 10 nitrogen and oxygen atoms in total. The summed E-state index contributed by atoms with van der Waals surface area (Å²) in [6, 6.07) is 5.37. The van der Waals surface area contributed by atoms with Crippen molar-refractivity contribution in [2.24, 2.45) is 10.2 Å². The van der Waals surface area contributed by atoms with Gasteiger partial charge >= 0.3 is 0 Å². The highest BCUT2D eigenvalue weighted by Gasteiger charge is 2.46. The molecule has 0 bridgehead atoms. The highest BCUT2D eigenvalue weighted by Crippen LogP contribution is 2.41. The molecule has 1 fully saturated rings. The van der Waals surface area contributed by atoms with Gasteiger partial charge < -0.3 is 9.88 Å². The summed E-state index contributed by atoms with van der Waals surface area (Å²) in [5.41, 5.74) is 0.808. The number of nitrogens with one attached hydrogen (secondary N) is 1. The first-order valence-electron chi connectivity index (χ1n) is 10.5. The third-order valence-corrected chi connectivity index (χ3v) is 7.17. The molecule has 1 aromatic carbocycles. The molecule has 1 aliphatic carbocycles. The summed E-state index contributed by atoms with van der Waals surface area (Å²) >= 11 is 0. The lowest BCUT2D eigenvalue weighted by Gasteiger charge is -2.38. The zero-order chi connectivity index (χ0) is 23.4. The van der Waals surface area contributed by atoms with Crippen LogP contribution in [0.25, 0.3) is 11.0 Å². The molecule has 0 unspecified atom stereocenters. The Hall–Kier alpha value is -3.38. The van der Waals surface area contributed by atoms with Crippen LogP contribution in [-0.4, -0.2) is 47.1 Å². The number of halogens is 1. The Kier molecular flexibility index (Phi) is 4.94. The fraction of sp³-hybridized carbons (Fsp3) is 0.333. The first-order chi connectivity index (χ1) is 15.7. The number of sulfonamides is 1. The first-order valence-corrected chi connectivity index (χ1v) is 12.0. The average Bonchev–Trinajstić information content (AvgIpc) is 3.10. The van der Waals surface area contributed by atoms with Crippen LogP contribution in [0.15, 0.2) is 40.5 Å². The number of rotatable bonds is 3. The average molecular weight is 472 g/mol. The monoisotopic (exact) mass is 471 g/mol. The van der Waals surface area contributed by atoms with Gasteiger partial charge in [-0.3, -0.25) is 4.79 Å². The second-order valence-corrected chi connectivity index (χ2v) is 9.89. The molecule has 1 spiro atoms. The molecule has 3 aromatic rings. The number of benzene rings is 1. The van der Waals surface area contributed by atoms with Crippen LogP contribution in [0.4, 0.5) is 16.0 Å². The summed E-state index contributed by atoms with van der Waals surface area (Å²) in [5, 5.41) is 14.4. The van der Waals surface area contributed by atoms with Crippen LogP contribution in [0.3, 0.4) is 0 Å². The molecule has 2 aromatic heterocycles. The molecule has 172 valence electrons. The SMILES string of the molecule is CN1N=Cc2cc3cnc(Nc4ccc(S(N)(=O)=O)c(F)c4)nc3n2C2(CCCCC2)C1=O. The fourth-order valence-electron chi connectivity index (χ4n) is 4.72. The smallest absolute Gasteiger partial charge is 0.268 e. The van der Waals surface area contributed by atoms with Crippen LogP contribution in [0.5, 0.6) is 0 Å². The van der Waals surface area contributed by atoms with E-state index >= 15 is 0 Å². The summed E-state index contributed by atoms with van der Waals surface area (Å²) in [6.07, 6.45) is 7.55. The zero-order valence-electron chi connectivity index (χ0n) is 17.8. The van der Waals surface area contributed by atoms with E-state index in [1.807, 2.05) is 10.6 Å². The van der Waals surface area contributed by atoms with Gasteiger partial charge in [-0.2, -0.15) is 10.1 Å². The number of aromatic nitrogens is 3. The normalized spacial score (nSPS) is 17.9. The molecule has 12 heteroatoms.